The van der Waals surface area contributed by atoms with Gasteiger partial charge in [0.2, 0.25) is 9.84 Å². The number of rotatable bonds is 6. The van der Waals surface area contributed by atoms with Crippen molar-refractivity contribution >= 4 is 23.1 Å². The zero-order valence-electron chi connectivity index (χ0n) is 12.9. The van der Waals surface area contributed by atoms with Gasteiger partial charge < -0.3 is 5.09 Å². The zero-order chi connectivity index (χ0) is 17.0. The topological polar surface area (TPSA) is 93.5 Å². The van der Waals surface area contributed by atoms with E-state index in [4.69, 9.17) is 5.26 Å². The zero-order valence-corrected chi connectivity index (χ0v) is 14.6. The van der Waals surface area contributed by atoms with Crippen molar-refractivity contribution in [1.29, 1.82) is 5.26 Å². The molecule has 0 aliphatic carbocycles. The van der Waals surface area contributed by atoms with Gasteiger partial charge in [0.15, 0.2) is 0 Å². The highest BCUT2D eigenvalue weighted by atomic mass is 32.2. The Bertz CT molecular complexity index is 722. The number of benzene rings is 1. The van der Waals surface area contributed by atoms with E-state index in [1.807, 2.05) is 0 Å². The molecule has 0 unspecified atom stereocenters. The van der Waals surface area contributed by atoms with Gasteiger partial charge in [-0.05, 0) is 52.5 Å². The van der Waals surface area contributed by atoms with Gasteiger partial charge in [0.25, 0.3) is 0 Å². The first-order chi connectivity index (χ1) is 10.1. The Kier molecular flexibility index (Phi) is 5.92. The van der Waals surface area contributed by atoms with E-state index >= 15 is 0 Å². The summed E-state index contributed by atoms with van der Waals surface area (Å²) in [5.41, 5.74) is 0.536. The molecule has 0 heterocycles. The molecular formula is C13H19N4O3PS. The summed E-state index contributed by atoms with van der Waals surface area (Å²) in [5, 5.41) is 12.2. The molecule has 1 aromatic carbocycles. The Morgan fingerprint density at radius 3 is 2.05 bits per heavy atom. The van der Waals surface area contributed by atoms with E-state index in [1.54, 1.807) is 43.6 Å². The third kappa shape index (κ3) is 4.18. The first-order valence-electron chi connectivity index (χ1n) is 6.29. The number of sulfone groups is 1. The molecule has 0 bridgehead atoms. The summed E-state index contributed by atoms with van der Waals surface area (Å²) in [6.45, 7) is 0. The molecule has 7 nitrogen and oxygen atoms in total. The monoisotopic (exact) mass is 342 g/mol. The molecular weight excluding hydrogens is 323 g/mol. The largest absolute Gasteiger partial charge is 0.313 e. The second kappa shape index (κ2) is 7.07. The van der Waals surface area contributed by atoms with Crippen molar-refractivity contribution in [3.8, 4) is 6.07 Å². The quantitative estimate of drug-likeness (QED) is 0.625. The average Bonchev–Trinajstić information content (AvgIpc) is 2.45. The van der Waals surface area contributed by atoms with Crippen LogP contribution in [0.4, 0.5) is 5.69 Å². The van der Waals surface area contributed by atoms with Gasteiger partial charge in [0, 0.05) is 17.2 Å². The number of hydrogen-bond donors (Lipinski definition) is 1. The number of hydrogen-bond acceptors (Lipinski definition) is 4. The van der Waals surface area contributed by atoms with E-state index in [0.717, 1.165) is 11.5 Å². The molecule has 0 atom stereocenters. The maximum absolute atomic E-state index is 12.8. The van der Waals surface area contributed by atoms with Crippen LogP contribution in [0, 0.1) is 11.3 Å². The summed E-state index contributed by atoms with van der Waals surface area (Å²) >= 11 is 0. The molecule has 22 heavy (non-hydrogen) atoms. The maximum atomic E-state index is 12.8. The third-order valence-corrected chi connectivity index (χ3v) is 7.01. The fourth-order valence-corrected chi connectivity index (χ4v) is 4.16. The standard InChI is InChI=1S/C13H19N4O3PS/c1-16(2)21(18,17(3)4)15-12-6-8-13(9-7-12)22(19,20)11-5-10-14/h5-9,11H,1-4H3,(H,15,18). The number of nitrogens with zero attached hydrogens (tertiary/aromatic N) is 3. The summed E-state index contributed by atoms with van der Waals surface area (Å²) in [4.78, 5) is 0.0640. The molecule has 0 aliphatic rings. The Morgan fingerprint density at radius 1 is 1.14 bits per heavy atom. The molecule has 1 N–H and O–H groups in total. The van der Waals surface area contributed by atoms with Crippen molar-refractivity contribution in [3.05, 3.63) is 35.7 Å². The second-order valence-electron chi connectivity index (χ2n) is 4.85. The number of anilines is 1. The number of allylic oxidation sites excluding steroid dienone is 1. The van der Waals surface area contributed by atoms with Crippen LogP contribution in [0.2, 0.25) is 0 Å². The van der Waals surface area contributed by atoms with Crippen LogP contribution in [0.3, 0.4) is 0 Å². The van der Waals surface area contributed by atoms with Crippen LogP contribution < -0.4 is 5.09 Å². The van der Waals surface area contributed by atoms with E-state index in [9.17, 15) is 13.0 Å². The van der Waals surface area contributed by atoms with Crippen molar-refractivity contribution in [1.82, 2.24) is 9.34 Å². The van der Waals surface area contributed by atoms with E-state index in [0.29, 0.717) is 5.69 Å². The lowest BCUT2D eigenvalue weighted by Crippen LogP contribution is -2.25. The highest BCUT2D eigenvalue weighted by Crippen LogP contribution is 2.48. The Balaban J connectivity index is 3.07. The van der Waals surface area contributed by atoms with Gasteiger partial charge in [0.05, 0.1) is 11.0 Å². The maximum Gasteiger partial charge on any atom is 0.307 e. The molecule has 1 aromatic rings. The van der Waals surface area contributed by atoms with Crippen LogP contribution in [0.5, 0.6) is 0 Å². The summed E-state index contributed by atoms with van der Waals surface area (Å²) in [6, 6.07) is 7.51. The van der Waals surface area contributed by atoms with Crippen LogP contribution in [0.25, 0.3) is 0 Å². The Morgan fingerprint density at radius 2 is 1.64 bits per heavy atom. The highest BCUT2D eigenvalue weighted by Gasteiger charge is 2.27. The van der Waals surface area contributed by atoms with Gasteiger partial charge in [-0.15, -0.1) is 0 Å². The van der Waals surface area contributed by atoms with Gasteiger partial charge in [-0.25, -0.2) is 17.8 Å². The fraction of sp³-hybridized carbons (Fsp3) is 0.308. The molecule has 0 aliphatic heterocycles. The van der Waals surface area contributed by atoms with Crippen LogP contribution >= 0.6 is 7.59 Å². The molecule has 0 spiro atoms. The van der Waals surface area contributed by atoms with Gasteiger partial charge >= 0.3 is 7.59 Å². The van der Waals surface area contributed by atoms with E-state index in [-0.39, 0.29) is 4.90 Å². The van der Waals surface area contributed by atoms with Gasteiger partial charge in [0.1, 0.15) is 0 Å². The second-order valence-corrected chi connectivity index (χ2v) is 9.60. The van der Waals surface area contributed by atoms with Crippen molar-refractivity contribution in [2.24, 2.45) is 0 Å². The average molecular weight is 342 g/mol. The third-order valence-electron chi connectivity index (χ3n) is 2.86. The van der Waals surface area contributed by atoms with Crippen LogP contribution in [-0.2, 0) is 14.4 Å². The first kappa shape index (κ1) is 18.4. The van der Waals surface area contributed by atoms with Gasteiger partial charge in [-0.1, -0.05) is 0 Å². The minimum Gasteiger partial charge on any atom is -0.313 e. The van der Waals surface area contributed by atoms with Crippen molar-refractivity contribution < 1.29 is 13.0 Å². The summed E-state index contributed by atoms with van der Waals surface area (Å²) in [6.07, 6.45) is 0.910. The van der Waals surface area contributed by atoms with Crippen LogP contribution in [-0.4, -0.2) is 45.9 Å². The van der Waals surface area contributed by atoms with E-state index in [2.05, 4.69) is 5.09 Å². The lowest BCUT2D eigenvalue weighted by Gasteiger charge is -2.31. The van der Waals surface area contributed by atoms with Crippen molar-refractivity contribution in [2.45, 2.75) is 4.90 Å². The van der Waals surface area contributed by atoms with Crippen molar-refractivity contribution in [3.63, 3.8) is 0 Å². The van der Waals surface area contributed by atoms with E-state index < -0.39 is 17.4 Å². The highest BCUT2D eigenvalue weighted by molar-refractivity contribution is 7.94. The Hall–Kier alpha value is -1.65. The lowest BCUT2D eigenvalue weighted by molar-refractivity contribution is 0.454. The molecule has 120 valence electrons. The predicted molar refractivity (Wildman–Crippen MR) is 87.0 cm³/mol. The molecule has 0 radical (unpaired) electrons. The van der Waals surface area contributed by atoms with Crippen molar-refractivity contribution in [2.75, 3.05) is 33.3 Å². The predicted octanol–water partition coefficient (Wildman–Crippen LogP) is 2.14. The van der Waals surface area contributed by atoms with Gasteiger partial charge in [-0.2, -0.15) is 5.26 Å². The van der Waals surface area contributed by atoms with Crippen LogP contribution in [0.1, 0.15) is 0 Å². The summed E-state index contributed by atoms with van der Waals surface area (Å²) in [7, 11) is 0.190. The molecule has 0 amide bonds. The van der Waals surface area contributed by atoms with Crippen LogP contribution in [0.15, 0.2) is 40.6 Å². The smallest absolute Gasteiger partial charge is 0.307 e. The normalized spacial score (nSPS) is 12.8. The number of nitrogens with one attached hydrogen (secondary N) is 1. The first-order valence-corrected chi connectivity index (χ1v) is 9.44. The molecule has 0 saturated heterocycles. The molecule has 1 rings (SSSR count). The lowest BCUT2D eigenvalue weighted by atomic mass is 10.3. The molecule has 9 heteroatoms. The number of nitriles is 1. The SMILES string of the molecule is CN(C)P(=O)(Nc1ccc(S(=O)(=O)C=CC#N)cc1)N(C)C. The minimum absolute atomic E-state index is 0.0640. The minimum atomic E-state index is -3.64. The molecule has 0 saturated carbocycles. The van der Waals surface area contributed by atoms with Gasteiger partial charge in [-0.3, -0.25) is 4.57 Å². The van der Waals surface area contributed by atoms with E-state index in [1.165, 1.54) is 24.3 Å². The Labute approximate surface area is 131 Å². The molecule has 0 fully saturated rings. The molecule has 0 aromatic heterocycles. The summed E-state index contributed by atoms with van der Waals surface area (Å²) in [5.74, 6) is 0. The summed E-state index contributed by atoms with van der Waals surface area (Å²) < 4.78 is 39.7. The fourth-order valence-electron chi connectivity index (χ4n) is 1.64.